The molecule has 1 N–H and O–H groups in total. The van der Waals surface area contributed by atoms with Crippen molar-refractivity contribution >= 4 is 17.5 Å². The van der Waals surface area contributed by atoms with E-state index in [0.29, 0.717) is 17.8 Å². The summed E-state index contributed by atoms with van der Waals surface area (Å²) < 4.78 is 0. The summed E-state index contributed by atoms with van der Waals surface area (Å²) in [4.78, 5) is 12.2. The molecule has 0 aromatic heterocycles. The van der Waals surface area contributed by atoms with Crippen molar-refractivity contribution in [3.8, 4) is 0 Å². The molecule has 0 aliphatic heterocycles. The van der Waals surface area contributed by atoms with Gasteiger partial charge >= 0.3 is 0 Å². The molecule has 1 aliphatic carbocycles. The summed E-state index contributed by atoms with van der Waals surface area (Å²) in [7, 11) is 0. The fourth-order valence-electron chi connectivity index (χ4n) is 2.76. The molecule has 1 amide bonds. The lowest BCUT2D eigenvalue weighted by Crippen LogP contribution is -2.50. The molecule has 0 heterocycles. The molecule has 2 nitrogen and oxygen atoms in total. The number of carbonyl (C=O) groups excluding carboxylic acids is 1. The van der Waals surface area contributed by atoms with Crippen molar-refractivity contribution in [2.24, 2.45) is 16.7 Å². The summed E-state index contributed by atoms with van der Waals surface area (Å²) in [6.45, 7) is 10.6. The third-order valence-electron chi connectivity index (χ3n) is 4.14. The normalized spacial score (nSPS) is 25.9. The van der Waals surface area contributed by atoms with E-state index in [1.165, 1.54) is 19.3 Å². The number of nitrogens with one attached hydrogen (secondary N) is 1. The van der Waals surface area contributed by atoms with Gasteiger partial charge in [-0.05, 0) is 38.0 Å². The second kappa shape index (κ2) is 5.81. The molecule has 0 radical (unpaired) electrons. The average molecular weight is 274 g/mol. The molecule has 0 aromatic rings. The molecule has 0 bridgehead atoms. The van der Waals surface area contributed by atoms with Crippen molar-refractivity contribution in [3.63, 3.8) is 0 Å². The highest BCUT2D eigenvalue weighted by Gasteiger charge is 2.37. The quantitative estimate of drug-likeness (QED) is 0.775. The predicted molar refractivity (Wildman–Crippen MR) is 77.8 cm³/mol. The number of hydrogen-bond acceptors (Lipinski definition) is 1. The van der Waals surface area contributed by atoms with Crippen LogP contribution in [0.15, 0.2) is 0 Å². The Balaban J connectivity index is 2.72. The first kappa shape index (κ1) is 15.8. The minimum absolute atomic E-state index is 0.0960. The summed E-state index contributed by atoms with van der Waals surface area (Å²) in [5, 5.41) is 3.24. The van der Waals surface area contributed by atoms with Gasteiger partial charge in [-0.1, -0.05) is 33.6 Å². The molecule has 1 saturated carbocycles. The van der Waals surface area contributed by atoms with Crippen LogP contribution in [0.1, 0.15) is 60.3 Å². The number of halogens is 1. The Kier molecular flexibility index (Phi) is 5.11. The van der Waals surface area contributed by atoms with Crippen molar-refractivity contribution in [3.05, 3.63) is 0 Å². The predicted octanol–water partition coefficient (Wildman–Crippen LogP) is 3.97. The van der Waals surface area contributed by atoms with Crippen LogP contribution in [0.3, 0.4) is 0 Å². The number of carbonyl (C=O) groups is 1. The molecule has 0 saturated heterocycles. The summed E-state index contributed by atoms with van der Waals surface area (Å²) in [6, 6.07) is 0.314. The van der Waals surface area contributed by atoms with Gasteiger partial charge in [-0.3, -0.25) is 4.79 Å². The highest BCUT2D eigenvalue weighted by Crippen LogP contribution is 2.38. The van der Waals surface area contributed by atoms with Gasteiger partial charge < -0.3 is 5.32 Å². The molecule has 1 fully saturated rings. The van der Waals surface area contributed by atoms with Crippen molar-refractivity contribution in [2.75, 3.05) is 5.88 Å². The molecular formula is C15H28ClNO. The van der Waals surface area contributed by atoms with Gasteiger partial charge in [0.05, 0.1) is 5.41 Å². The molecule has 106 valence electrons. The van der Waals surface area contributed by atoms with E-state index in [1.54, 1.807) is 0 Å². The van der Waals surface area contributed by atoms with E-state index in [4.69, 9.17) is 11.6 Å². The van der Waals surface area contributed by atoms with Crippen LogP contribution in [0.4, 0.5) is 0 Å². The second-order valence-electron chi connectivity index (χ2n) is 7.35. The molecule has 3 heteroatoms. The number of amides is 1. The lowest BCUT2D eigenvalue weighted by molar-refractivity contribution is -0.130. The van der Waals surface area contributed by atoms with Crippen molar-refractivity contribution in [1.82, 2.24) is 5.32 Å². The zero-order valence-electron chi connectivity index (χ0n) is 12.5. The number of hydrogen-bond donors (Lipinski definition) is 1. The molecule has 1 rings (SSSR count). The Morgan fingerprint density at radius 1 is 1.17 bits per heavy atom. The fraction of sp³-hybridized carbons (Fsp3) is 0.933. The Hall–Kier alpha value is -0.240. The summed E-state index contributed by atoms with van der Waals surface area (Å²) >= 11 is 5.87. The fourth-order valence-corrected chi connectivity index (χ4v) is 2.89. The number of alkyl halides is 1. The highest BCUT2D eigenvalue weighted by atomic mass is 35.5. The van der Waals surface area contributed by atoms with Gasteiger partial charge in [-0.15, -0.1) is 11.6 Å². The van der Waals surface area contributed by atoms with Gasteiger partial charge in [-0.25, -0.2) is 0 Å². The SMILES string of the molecule is CC(C)(CCl)C(=O)NC1CCCCC1C(C)(C)C. The minimum atomic E-state index is -0.471. The van der Waals surface area contributed by atoms with Crippen LogP contribution >= 0.6 is 11.6 Å². The Bertz CT molecular complexity index is 293. The highest BCUT2D eigenvalue weighted by molar-refractivity contribution is 6.19. The lowest BCUT2D eigenvalue weighted by Gasteiger charge is -2.41. The van der Waals surface area contributed by atoms with Gasteiger partial charge in [0, 0.05) is 11.9 Å². The van der Waals surface area contributed by atoms with Crippen molar-refractivity contribution < 1.29 is 4.79 Å². The third-order valence-corrected chi connectivity index (χ3v) is 4.81. The first-order valence-corrected chi connectivity index (χ1v) is 7.59. The molecular weight excluding hydrogens is 246 g/mol. The Morgan fingerprint density at radius 3 is 2.22 bits per heavy atom. The average Bonchev–Trinajstić information content (AvgIpc) is 2.28. The van der Waals surface area contributed by atoms with E-state index in [0.717, 1.165) is 6.42 Å². The maximum Gasteiger partial charge on any atom is 0.227 e. The van der Waals surface area contributed by atoms with E-state index >= 15 is 0 Å². The van der Waals surface area contributed by atoms with Crippen LogP contribution in [-0.2, 0) is 4.79 Å². The zero-order chi connectivity index (χ0) is 14.0. The minimum Gasteiger partial charge on any atom is -0.353 e. The summed E-state index contributed by atoms with van der Waals surface area (Å²) in [5.74, 6) is 1.03. The maximum atomic E-state index is 12.2. The first-order chi connectivity index (χ1) is 8.18. The molecule has 18 heavy (non-hydrogen) atoms. The van der Waals surface area contributed by atoms with Crippen LogP contribution in [-0.4, -0.2) is 17.8 Å². The molecule has 2 unspecified atom stereocenters. The van der Waals surface area contributed by atoms with Gasteiger partial charge in [0.1, 0.15) is 0 Å². The van der Waals surface area contributed by atoms with Crippen LogP contribution in [0.2, 0.25) is 0 Å². The topological polar surface area (TPSA) is 29.1 Å². The largest absolute Gasteiger partial charge is 0.353 e. The standard InChI is InChI=1S/C15H28ClNO/c1-14(2,3)11-8-6-7-9-12(11)17-13(18)15(4,5)10-16/h11-12H,6-10H2,1-5H3,(H,17,18). The monoisotopic (exact) mass is 273 g/mol. The summed E-state index contributed by atoms with van der Waals surface area (Å²) in [6.07, 6.45) is 4.83. The van der Waals surface area contributed by atoms with E-state index in [9.17, 15) is 4.79 Å². The third kappa shape index (κ3) is 3.88. The van der Waals surface area contributed by atoms with Crippen molar-refractivity contribution in [1.29, 1.82) is 0 Å². The lowest BCUT2D eigenvalue weighted by atomic mass is 9.69. The maximum absolute atomic E-state index is 12.2. The van der Waals surface area contributed by atoms with Crippen molar-refractivity contribution in [2.45, 2.75) is 66.3 Å². The molecule has 0 spiro atoms. The first-order valence-electron chi connectivity index (χ1n) is 7.05. The van der Waals surface area contributed by atoms with Crippen LogP contribution in [0.25, 0.3) is 0 Å². The van der Waals surface area contributed by atoms with E-state index < -0.39 is 5.41 Å². The van der Waals surface area contributed by atoms with Crippen LogP contribution in [0.5, 0.6) is 0 Å². The molecule has 1 aliphatic rings. The van der Waals surface area contributed by atoms with Gasteiger partial charge in [0.25, 0.3) is 0 Å². The van der Waals surface area contributed by atoms with Gasteiger partial charge in [-0.2, -0.15) is 0 Å². The number of rotatable bonds is 3. The van der Waals surface area contributed by atoms with E-state index in [1.807, 2.05) is 13.8 Å². The second-order valence-corrected chi connectivity index (χ2v) is 7.62. The van der Waals surface area contributed by atoms with E-state index in [2.05, 4.69) is 26.1 Å². The molecule has 2 atom stereocenters. The zero-order valence-corrected chi connectivity index (χ0v) is 13.2. The van der Waals surface area contributed by atoms with Crippen LogP contribution < -0.4 is 5.32 Å². The Labute approximate surface area is 117 Å². The van der Waals surface area contributed by atoms with Crippen LogP contribution in [0, 0.1) is 16.7 Å². The van der Waals surface area contributed by atoms with E-state index in [-0.39, 0.29) is 11.3 Å². The van der Waals surface area contributed by atoms with Gasteiger partial charge in [0.2, 0.25) is 5.91 Å². The molecule has 0 aromatic carbocycles. The smallest absolute Gasteiger partial charge is 0.227 e. The van der Waals surface area contributed by atoms with Gasteiger partial charge in [0.15, 0.2) is 0 Å². The Morgan fingerprint density at radius 2 is 1.72 bits per heavy atom. The summed E-state index contributed by atoms with van der Waals surface area (Å²) in [5.41, 5.74) is -0.217.